The van der Waals surface area contributed by atoms with Crippen molar-refractivity contribution in [2.45, 2.75) is 31.1 Å². The highest BCUT2D eigenvalue weighted by molar-refractivity contribution is 7.91. The number of rotatable bonds is 7. The molecule has 0 fully saturated rings. The van der Waals surface area contributed by atoms with Crippen molar-refractivity contribution in [1.82, 2.24) is 0 Å². The van der Waals surface area contributed by atoms with Crippen LogP contribution in [-0.2, 0) is 14.6 Å². The van der Waals surface area contributed by atoms with Gasteiger partial charge in [0.1, 0.15) is 0 Å². The maximum atomic E-state index is 12.0. The molecule has 0 aromatic heterocycles. The van der Waals surface area contributed by atoms with Gasteiger partial charge in [0.05, 0.1) is 10.6 Å². The van der Waals surface area contributed by atoms with Gasteiger partial charge in [0.15, 0.2) is 9.84 Å². The van der Waals surface area contributed by atoms with Gasteiger partial charge >= 0.3 is 5.97 Å². The molecule has 0 atom stereocenters. The molecule has 1 N–H and O–H groups in total. The van der Waals surface area contributed by atoms with Gasteiger partial charge in [-0.2, -0.15) is 0 Å². The Hall–Kier alpha value is -1.62. The highest BCUT2D eigenvalue weighted by atomic mass is 32.2. The van der Waals surface area contributed by atoms with Gasteiger partial charge in [-0.05, 0) is 38.3 Å². The smallest absolute Gasteiger partial charge is 0.330 e. The zero-order chi connectivity index (χ0) is 14.5. The molecule has 0 aliphatic heterocycles. The molecular formula is C14H18O4S. The van der Waals surface area contributed by atoms with Crippen LogP contribution in [0.1, 0.15) is 24.8 Å². The zero-order valence-corrected chi connectivity index (χ0v) is 11.7. The number of hydrogen-bond acceptors (Lipinski definition) is 3. The van der Waals surface area contributed by atoms with Crippen LogP contribution in [0.25, 0.3) is 0 Å². The summed E-state index contributed by atoms with van der Waals surface area (Å²) in [6.07, 6.45) is 1.26. The molecule has 19 heavy (non-hydrogen) atoms. The van der Waals surface area contributed by atoms with Crippen LogP contribution in [0.15, 0.2) is 41.3 Å². The third-order valence-corrected chi connectivity index (χ3v) is 4.64. The summed E-state index contributed by atoms with van der Waals surface area (Å²) in [6, 6.07) is 6.72. The molecule has 0 heterocycles. The summed E-state index contributed by atoms with van der Waals surface area (Å²) < 4.78 is 24.0. The molecule has 0 aliphatic rings. The van der Waals surface area contributed by atoms with E-state index in [1.165, 1.54) is 0 Å². The van der Waals surface area contributed by atoms with Crippen LogP contribution < -0.4 is 0 Å². The minimum Gasteiger partial charge on any atom is -0.478 e. The maximum Gasteiger partial charge on any atom is 0.330 e. The SMILES string of the molecule is C=C(CCCCS(=O)(=O)c1ccc(C)cc1)C(=O)O. The summed E-state index contributed by atoms with van der Waals surface area (Å²) in [5.41, 5.74) is 1.13. The fourth-order valence-electron chi connectivity index (χ4n) is 1.60. The first-order valence-corrected chi connectivity index (χ1v) is 7.68. The summed E-state index contributed by atoms with van der Waals surface area (Å²) in [5.74, 6) is -0.996. The molecule has 0 radical (unpaired) electrons. The molecule has 0 saturated carbocycles. The van der Waals surface area contributed by atoms with Crippen LogP contribution in [0.2, 0.25) is 0 Å². The average molecular weight is 282 g/mol. The Kier molecular flexibility index (Phi) is 5.30. The second-order valence-corrected chi connectivity index (χ2v) is 6.61. The molecule has 0 spiro atoms. The Bertz CT molecular complexity index is 556. The summed E-state index contributed by atoms with van der Waals surface area (Å²) in [5, 5.41) is 8.63. The highest BCUT2D eigenvalue weighted by Crippen LogP contribution is 2.15. The number of sulfone groups is 1. The maximum absolute atomic E-state index is 12.0. The van der Waals surface area contributed by atoms with Gasteiger partial charge in [-0.15, -0.1) is 0 Å². The molecule has 104 valence electrons. The molecular weight excluding hydrogens is 264 g/mol. The van der Waals surface area contributed by atoms with Crippen molar-refractivity contribution in [1.29, 1.82) is 0 Å². The zero-order valence-electron chi connectivity index (χ0n) is 10.9. The molecule has 1 aromatic carbocycles. The van der Waals surface area contributed by atoms with Crippen molar-refractivity contribution in [3.05, 3.63) is 42.0 Å². The standard InChI is InChI=1S/C14H18O4S/c1-11-6-8-13(9-7-11)19(17,18)10-4-3-5-12(2)14(15)16/h6-9H,2-5,10H2,1H3,(H,15,16). The summed E-state index contributed by atoms with van der Waals surface area (Å²) >= 11 is 0. The third-order valence-electron chi connectivity index (χ3n) is 2.82. The number of carbonyl (C=O) groups is 1. The Morgan fingerprint density at radius 2 is 1.79 bits per heavy atom. The first kappa shape index (κ1) is 15.4. The predicted molar refractivity (Wildman–Crippen MR) is 73.9 cm³/mol. The van der Waals surface area contributed by atoms with Crippen LogP contribution in [0, 0.1) is 6.92 Å². The number of hydrogen-bond donors (Lipinski definition) is 1. The van der Waals surface area contributed by atoms with Crippen molar-refractivity contribution in [3.63, 3.8) is 0 Å². The highest BCUT2D eigenvalue weighted by Gasteiger charge is 2.13. The Morgan fingerprint density at radius 1 is 1.21 bits per heavy atom. The van der Waals surface area contributed by atoms with Gasteiger partial charge in [0.2, 0.25) is 0 Å². The number of aliphatic carboxylic acids is 1. The van der Waals surface area contributed by atoms with Crippen LogP contribution >= 0.6 is 0 Å². The lowest BCUT2D eigenvalue weighted by Gasteiger charge is -2.05. The van der Waals surface area contributed by atoms with E-state index in [0.29, 0.717) is 24.2 Å². The molecule has 0 saturated heterocycles. The molecule has 0 aliphatic carbocycles. The topological polar surface area (TPSA) is 71.4 Å². The second-order valence-electron chi connectivity index (χ2n) is 4.50. The van der Waals surface area contributed by atoms with Gasteiger partial charge in [-0.1, -0.05) is 24.3 Å². The first-order chi connectivity index (χ1) is 8.83. The Labute approximate surface area is 113 Å². The van der Waals surface area contributed by atoms with E-state index in [1.807, 2.05) is 6.92 Å². The first-order valence-electron chi connectivity index (χ1n) is 6.03. The van der Waals surface area contributed by atoms with Crippen molar-refractivity contribution in [2.75, 3.05) is 5.75 Å². The lowest BCUT2D eigenvalue weighted by Crippen LogP contribution is -2.07. The fourth-order valence-corrected chi connectivity index (χ4v) is 2.97. The van der Waals surface area contributed by atoms with E-state index >= 15 is 0 Å². The normalized spacial score (nSPS) is 11.2. The van der Waals surface area contributed by atoms with E-state index < -0.39 is 15.8 Å². The van der Waals surface area contributed by atoms with Crippen molar-refractivity contribution >= 4 is 15.8 Å². The summed E-state index contributed by atoms with van der Waals surface area (Å²) in [4.78, 5) is 10.8. The van der Waals surface area contributed by atoms with E-state index in [2.05, 4.69) is 6.58 Å². The van der Waals surface area contributed by atoms with Crippen LogP contribution in [0.4, 0.5) is 0 Å². The Balaban J connectivity index is 2.50. The average Bonchev–Trinajstić information content (AvgIpc) is 2.34. The lowest BCUT2D eigenvalue weighted by molar-refractivity contribution is -0.132. The van der Waals surface area contributed by atoms with E-state index in [-0.39, 0.29) is 11.3 Å². The molecule has 1 rings (SSSR count). The monoisotopic (exact) mass is 282 g/mol. The molecule has 0 unspecified atom stereocenters. The minimum atomic E-state index is -3.27. The lowest BCUT2D eigenvalue weighted by atomic mass is 10.1. The van der Waals surface area contributed by atoms with E-state index in [1.54, 1.807) is 24.3 Å². The number of carboxylic acid groups (broad SMARTS) is 1. The van der Waals surface area contributed by atoms with Gasteiger partial charge in [0, 0.05) is 5.57 Å². The van der Waals surface area contributed by atoms with E-state index in [0.717, 1.165) is 5.56 Å². The molecule has 5 heteroatoms. The molecule has 1 aromatic rings. The van der Waals surface area contributed by atoms with Gasteiger partial charge < -0.3 is 5.11 Å². The third kappa shape index (κ3) is 4.87. The minimum absolute atomic E-state index is 0.0307. The van der Waals surface area contributed by atoms with Crippen LogP contribution in [0.3, 0.4) is 0 Å². The predicted octanol–water partition coefficient (Wildman–Crippen LogP) is 2.58. The summed E-state index contributed by atoms with van der Waals surface area (Å²) in [6.45, 7) is 5.30. The fraction of sp³-hybridized carbons (Fsp3) is 0.357. The van der Waals surface area contributed by atoms with Crippen LogP contribution in [-0.4, -0.2) is 25.2 Å². The Morgan fingerprint density at radius 3 is 2.32 bits per heavy atom. The van der Waals surface area contributed by atoms with Crippen LogP contribution in [0.5, 0.6) is 0 Å². The number of aryl methyl sites for hydroxylation is 1. The molecule has 0 bridgehead atoms. The van der Waals surface area contributed by atoms with Crippen molar-refractivity contribution in [3.8, 4) is 0 Å². The summed E-state index contributed by atoms with van der Waals surface area (Å²) in [7, 11) is -3.27. The van der Waals surface area contributed by atoms with E-state index in [9.17, 15) is 13.2 Å². The largest absolute Gasteiger partial charge is 0.478 e. The van der Waals surface area contributed by atoms with Gasteiger partial charge in [-0.25, -0.2) is 13.2 Å². The van der Waals surface area contributed by atoms with E-state index in [4.69, 9.17) is 5.11 Å². The number of carboxylic acids is 1. The number of benzene rings is 1. The van der Waals surface area contributed by atoms with Gasteiger partial charge in [0.25, 0.3) is 0 Å². The quantitative estimate of drug-likeness (QED) is 0.616. The van der Waals surface area contributed by atoms with Crippen molar-refractivity contribution in [2.24, 2.45) is 0 Å². The number of unbranched alkanes of at least 4 members (excludes halogenated alkanes) is 1. The van der Waals surface area contributed by atoms with Crippen molar-refractivity contribution < 1.29 is 18.3 Å². The molecule has 0 amide bonds. The van der Waals surface area contributed by atoms with Gasteiger partial charge in [-0.3, -0.25) is 0 Å². The second kappa shape index (κ2) is 6.52. The molecule has 4 nitrogen and oxygen atoms in total.